The number of nitrogens with zero attached hydrogens (tertiary/aromatic N) is 1. The van der Waals surface area contributed by atoms with Crippen molar-refractivity contribution in [1.29, 1.82) is 0 Å². The number of nitrogens with one attached hydrogen (secondary N) is 2. The average Bonchev–Trinajstić information content (AvgIpc) is 3.12. The number of aryl methyl sites for hydroxylation is 2. The number of fused-ring (bicyclic) bond motifs is 1. The van der Waals surface area contributed by atoms with E-state index in [1.807, 2.05) is 20.0 Å². The Morgan fingerprint density at radius 2 is 2.12 bits per heavy atom. The zero-order valence-corrected chi connectivity index (χ0v) is 13.5. The molecule has 0 aliphatic carbocycles. The van der Waals surface area contributed by atoms with Gasteiger partial charge < -0.3 is 15.1 Å². The van der Waals surface area contributed by atoms with Gasteiger partial charge in [0.1, 0.15) is 5.82 Å². The fraction of sp³-hybridized carbons (Fsp3) is 0.222. The maximum absolute atomic E-state index is 13.4. The van der Waals surface area contributed by atoms with Crippen molar-refractivity contribution in [2.75, 3.05) is 0 Å². The van der Waals surface area contributed by atoms with E-state index in [0.717, 1.165) is 17.7 Å². The van der Waals surface area contributed by atoms with Gasteiger partial charge in [-0.1, -0.05) is 13.8 Å². The monoisotopic (exact) mass is 327 g/mol. The van der Waals surface area contributed by atoms with E-state index >= 15 is 0 Å². The number of aromatic amines is 2. The number of carbonyl (C=O) groups excluding carboxylic acids is 1. The lowest BCUT2D eigenvalue weighted by molar-refractivity contribution is 0.100. The van der Waals surface area contributed by atoms with Crippen molar-refractivity contribution in [3.05, 3.63) is 52.6 Å². The molecule has 0 saturated heterocycles. The van der Waals surface area contributed by atoms with Crippen LogP contribution in [-0.2, 0) is 12.8 Å². The zero-order chi connectivity index (χ0) is 17.3. The van der Waals surface area contributed by atoms with E-state index in [9.17, 15) is 14.3 Å². The van der Waals surface area contributed by atoms with Crippen LogP contribution in [0.25, 0.3) is 10.9 Å². The number of amides is 1. The second kappa shape index (κ2) is 6.31. The molecular formula is C18H18FN3O2. The van der Waals surface area contributed by atoms with Crippen molar-refractivity contribution < 1.29 is 14.3 Å². The molecule has 0 aliphatic rings. The highest BCUT2D eigenvalue weighted by atomic mass is 19.1. The molecule has 0 fully saturated rings. The van der Waals surface area contributed by atoms with Crippen LogP contribution in [0.4, 0.5) is 4.39 Å². The molecule has 3 rings (SSSR count). The molecular weight excluding hydrogens is 309 g/mol. The van der Waals surface area contributed by atoms with Crippen LogP contribution in [0.15, 0.2) is 29.4 Å². The van der Waals surface area contributed by atoms with E-state index in [-0.39, 0.29) is 11.8 Å². The highest BCUT2D eigenvalue weighted by molar-refractivity contribution is 6.08. The first-order chi connectivity index (χ1) is 11.5. The minimum absolute atomic E-state index is 0.146. The van der Waals surface area contributed by atoms with Crippen molar-refractivity contribution in [2.24, 2.45) is 4.99 Å². The molecule has 6 heteroatoms. The van der Waals surface area contributed by atoms with Gasteiger partial charge in [-0.2, -0.15) is 0 Å². The molecule has 3 aromatic rings. The van der Waals surface area contributed by atoms with Crippen LogP contribution in [0.3, 0.4) is 0 Å². The van der Waals surface area contributed by atoms with Gasteiger partial charge in [0.25, 0.3) is 5.91 Å². The lowest BCUT2D eigenvalue weighted by Crippen LogP contribution is -2.02. The van der Waals surface area contributed by atoms with Crippen LogP contribution in [0, 0.1) is 5.82 Å². The van der Waals surface area contributed by atoms with Gasteiger partial charge in [-0.25, -0.2) is 9.38 Å². The minimum Gasteiger partial charge on any atom is -0.494 e. The summed E-state index contributed by atoms with van der Waals surface area (Å²) < 4.78 is 13.4. The molecule has 0 saturated carbocycles. The van der Waals surface area contributed by atoms with E-state index in [1.165, 1.54) is 24.4 Å². The summed E-state index contributed by atoms with van der Waals surface area (Å²) in [6.07, 6.45) is 4.51. The van der Waals surface area contributed by atoms with Crippen molar-refractivity contribution >= 4 is 23.0 Å². The SMILES string of the molecule is CCc1c[nH]c(CC)c1C(=O)N=Cc1c(O)[nH]c2ccc(F)cc12. The highest BCUT2D eigenvalue weighted by Crippen LogP contribution is 2.26. The normalized spacial score (nSPS) is 11.6. The third-order valence-electron chi connectivity index (χ3n) is 4.08. The van der Waals surface area contributed by atoms with Crippen LogP contribution in [0.5, 0.6) is 5.88 Å². The van der Waals surface area contributed by atoms with Gasteiger partial charge >= 0.3 is 0 Å². The Hall–Kier alpha value is -2.89. The third-order valence-corrected chi connectivity index (χ3v) is 4.08. The van der Waals surface area contributed by atoms with E-state index in [0.29, 0.717) is 28.5 Å². The number of benzene rings is 1. The summed E-state index contributed by atoms with van der Waals surface area (Å²) in [5.41, 5.74) is 3.19. The van der Waals surface area contributed by atoms with Gasteiger partial charge in [-0.3, -0.25) is 4.79 Å². The molecule has 3 N–H and O–H groups in total. The van der Waals surface area contributed by atoms with Crippen LogP contribution in [0.2, 0.25) is 0 Å². The number of rotatable bonds is 4. The molecule has 0 bridgehead atoms. The largest absolute Gasteiger partial charge is 0.494 e. The fourth-order valence-electron chi connectivity index (χ4n) is 2.83. The summed E-state index contributed by atoms with van der Waals surface area (Å²) in [6.45, 7) is 3.93. The summed E-state index contributed by atoms with van der Waals surface area (Å²) in [5, 5.41) is 10.5. The van der Waals surface area contributed by atoms with Gasteiger partial charge in [0.2, 0.25) is 0 Å². The molecule has 0 aliphatic heterocycles. The molecule has 5 nitrogen and oxygen atoms in total. The number of carbonyl (C=O) groups is 1. The van der Waals surface area contributed by atoms with Crippen molar-refractivity contribution in [2.45, 2.75) is 26.7 Å². The van der Waals surface area contributed by atoms with E-state index < -0.39 is 5.82 Å². The molecule has 24 heavy (non-hydrogen) atoms. The Morgan fingerprint density at radius 3 is 2.83 bits per heavy atom. The second-order valence-electron chi connectivity index (χ2n) is 5.52. The summed E-state index contributed by atoms with van der Waals surface area (Å²) in [6, 6.07) is 4.12. The lowest BCUT2D eigenvalue weighted by atomic mass is 10.1. The molecule has 124 valence electrons. The molecule has 0 atom stereocenters. The van der Waals surface area contributed by atoms with Crippen molar-refractivity contribution in [1.82, 2.24) is 9.97 Å². The molecule has 1 amide bonds. The summed E-state index contributed by atoms with van der Waals surface area (Å²) in [7, 11) is 0. The van der Waals surface area contributed by atoms with Gasteiger partial charge in [0.05, 0.1) is 11.1 Å². The Bertz CT molecular complexity index is 916. The van der Waals surface area contributed by atoms with E-state index in [1.54, 1.807) is 0 Å². The van der Waals surface area contributed by atoms with Crippen LogP contribution >= 0.6 is 0 Å². The van der Waals surface area contributed by atoms with Gasteiger partial charge in [-0.05, 0) is 36.6 Å². The Labute approximate surface area is 138 Å². The number of aromatic nitrogens is 2. The van der Waals surface area contributed by atoms with E-state index in [2.05, 4.69) is 15.0 Å². The quantitative estimate of drug-likeness (QED) is 0.638. The van der Waals surface area contributed by atoms with Crippen molar-refractivity contribution in [3.8, 4) is 5.88 Å². The fourth-order valence-corrected chi connectivity index (χ4v) is 2.83. The molecule has 0 spiro atoms. The highest BCUT2D eigenvalue weighted by Gasteiger charge is 2.16. The van der Waals surface area contributed by atoms with Gasteiger partial charge in [0.15, 0.2) is 5.88 Å². The Kier molecular flexibility index (Phi) is 4.20. The Balaban J connectivity index is 2.00. The Morgan fingerprint density at radius 1 is 1.33 bits per heavy atom. The molecule has 1 aromatic carbocycles. The first-order valence-corrected chi connectivity index (χ1v) is 7.82. The van der Waals surface area contributed by atoms with Gasteiger partial charge in [0, 0.05) is 29.0 Å². The van der Waals surface area contributed by atoms with E-state index in [4.69, 9.17) is 0 Å². The minimum atomic E-state index is -0.422. The predicted octanol–water partition coefficient (Wildman–Crippen LogP) is 3.72. The summed E-state index contributed by atoms with van der Waals surface area (Å²) in [4.78, 5) is 22.3. The number of aromatic hydroxyl groups is 1. The van der Waals surface area contributed by atoms with Crippen molar-refractivity contribution in [3.63, 3.8) is 0 Å². The standard InChI is InChI=1S/C18H18FN3O2/c1-3-10-8-20-14(4-2)16(10)18(24)21-9-13-12-7-11(19)5-6-15(12)22-17(13)23/h5-9,20,22-23H,3-4H2,1-2H3. The molecule has 0 unspecified atom stereocenters. The number of aliphatic imine (C=N–C) groups is 1. The maximum atomic E-state index is 13.4. The topological polar surface area (TPSA) is 81.2 Å². The number of hydrogen-bond acceptors (Lipinski definition) is 2. The lowest BCUT2D eigenvalue weighted by Gasteiger charge is -2.00. The van der Waals surface area contributed by atoms with Crippen LogP contribution in [0.1, 0.15) is 41.0 Å². The second-order valence-corrected chi connectivity index (χ2v) is 5.52. The smallest absolute Gasteiger partial charge is 0.279 e. The number of hydrogen-bond donors (Lipinski definition) is 3. The zero-order valence-electron chi connectivity index (χ0n) is 13.5. The molecule has 2 heterocycles. The molecule has 2 aromatic heterocycles. The summed E-state index contributed by atoms with van der Waals surface area (Å²) in [5.74, 6) is -0.947. The first-order valence-electron chi connectivity index (χ1n) is 7.82. The van der Waals surface area contributed by atoms with Crippen LogP contribution < -0.4 is 0 Å². The summed E-state index contributed by atoms with van der Waals surface area (Å²) >= 11 is 0. The predicted molar refractivity (Wildman–Crippen MR) is 91.4 cm³/mol. The number of halogens is 1. The third kappa shape index (κ3) is 2.71. The van der Waals surface area contributed by atoms with Crippen LogP contribution in [-0.4, -0.2) is 27.2 Å². The average molecular weight is 327 g/mol. The van der Waals surface area contributed by atoms with Gasteiger partial charge in [-0.15, -0.1) is 0 Å². The molecule has 0 radical (unpaired) electrons. The first kappa shape index (κ1) is 16.0. The number of H-pyrrole nitrogens is 2. The maximum Gasteiger partial charge on any atom is 0.279 e.